The SMILES string of the molecule is NC1CC=C(c2cnc3ccccc3c2)CC1. The van der Waals surface area contributed by atoms with Crippen LogP contribution in [0, 0.1) is 0 Å². The van der Waals surface area contributed by atoms with Crippen molar-refractivity contribution < 1.29 is 0 Å². The second-order valence-corrected chi connectivity index (χ2v) is 4.68. The highest BCUT2D eigenvalue weighted by molar-refractivity contribution is 5.82. The number of benzene rings is 1. The Hall–Kier alpha value is -1.67. The summed E-state index contributed by atoms with van der Waals surface area (Å²) >= 11 is 0. The Morgan fingerprint density at radius 2 is 2.12 bits per heavy atom. The molecule has 0 spiro atoms. The van der Waals surface area contributed by atoms with Gasteiger partial charge in [0.25, 0.3) is 0 Å². The Labute approximate surface area is 101 Å². The largest absolute Gasteiger partial charge is 0.327 e. The maximum Gasteiger partial charge on any atom is 0.0702 e. The predicted octanol–water partition coefficient (Wildman–Crippen LogP) is 3.13. The van der Waals surface area contributed by atoms with Gasteiger partial charge in [-0.3, -0.25) is 4.98 Å². The lowest BCUT2D eigenvalue weighted by Gasteiger charge is -2.18. The highest BCUT2D eigenvalue weighted by atomic mass is 14.7. The fourth-order valence-electron chi connectivity index (χ4n) is 2.36. The molecule has 0 fully saturated rings. The van der Waals surface area contributed by atoms with E-state index in [-0.39, 0.29) is 0 Å². The third kappa shape index (κ3) is 2.08. The average molecular weight is 224 g/mol. The number of aromatic nitrogens is 1. The first-order valence-corrected chi connectivity index (χ1v) is 6.13. The molecule has 0 saturated carbocycles. The molecule has 1 aliphatic rings. The minimum Gasteiger partial charge on any atom is -0.327 e. The molecule has 2 aromatic rings. The van der Waals surface area contributed by atoms with E-state index in [0.29, 0.717) is 6.04 Å². The number of allylic oxidation sites excluding steroid dienone is 1. The maximum absolute atomic E-state index is 5.91. The molecule has 17 heavy (non-hydrogen) atoms. The summed E-state index contributed by atoms with van der Waals surface area (Å²) < 4.78 is 0. The van der Waals surface area contributed by atoms with E-state index in [1.807, 2.05) is 18.3 Å². The Morgan fingerprint density at radius 1 is 1.24 bits per heavy atom. The van der Waals surface area contributed by atoms with Gasteiger partial charge in [-0.05, 0) is 42.5 Å². The van der Waals surface area contributed by atoms with E-state index in [0.717, 1.165) is 24.8 Å². The van der Waals surface area contributed by atoms with Gasteiger partial charge in [-0.1, -0.05) is 24.3 Å². The fraction of sp³-hybridized carbons (Fsp3) is 0.267. The van der Waals surface area contributed by atoms with Crippen molar-refractivity contribution in [2.45, 2.75) is 25.3 Å². The van der Waals surface area contributed by atoms with Gasteiger partial charge in [0.1, 0.15) is 0 Å². The standard InChI is InChI=1S/C15H16N2/c16-14-7-5-11(6-8-14)13-9-12-3-1-2-4-15(12)17-10-13/h1-5,9-10,14H,6-8,16H2. The fourth-order valence-corrected chi connectivity index (χ4v) is 2.36. The van der Waals surface area contributed by atoms with Crippen molar-refractivity contribution in [3.63, 3.8) is 0 Å². The van der Waals surface area contributed by atoms with E-state index in [1.165, 1.54) is 16.5 Å². The van der Waals surface area contributed by atoms with Crippen LogP contribution in [-0.4, -0.2) is 11.0 Å². The van der Waals surface area contributed by atoms with Crippen molar-refractivity contribution in [3.8, 4) is 0 Å². The molecule has 0 aliphatic heterocycles. The highest BCUT2D eigenvalue weighted by Crippen LogP contribution is 2.27. The Balaban J connectivity index is 2.01. The van der Waals surface area contributed by atoms with Crippen LogP contribution in [0.1, 0.15) is 24.8 Å². The summed E-state index contributed by atoms with van der Waals surface area (Å²) in [5.41, 5.74) is 9.60. The second-order valence-electron chi connectivity index (χ2n) is 4.68. The zero-order valence-electron chi connectivity index (χ0n) is 9.76. The van der Waals surface area contributed by atoms with E-state index in [1.54, 1.807) is 0 Å². The molecule has 1 aromatic heterocycles. The van der Waals surface area contributed by atoms with Gasteiger partial charge in [0.2, 0.25) is 0 Å². The van der Waals surface area contributed by atoms with Gasteiger partial charge in [0.05, 0.1) is 5.52 Å². The first-order valence-electron chi connectivity index (χ1n) is 6.13. The van der Waals surface area contributed by atoms with Crippen LogP contribution in [-0.2, 0) is 0 Å². The Bertz CT molecular complexity index is 572. The molecular weight excluding hydrogens is 208 g/mol. The molecule has 0 radical (unpaired) electrons. The number of nitrogens with two attached hydrogens (primary N) is 1. The Morgan fingerprint density at radius 3 is 2.94 bits per heavy atom. The molecule has 1 unspecified atom stereocenters. The summed E-state index contributed by atoms with van der Waals surface area (Å²) in [5.74, 6) is 0. The molecule has 1 atom stereocenters. The third-order valence-corrected chi connectivity index (χ3v) is 3.41. The monoisotopic (exact) mass is 224 g/mol. The molecule has 1 aliphatic carbocycles. The van der Waals surface area contributed by atoms with Crippen LogP contribution in [0.4, 0.5) is 0 Å². The minimum atomic E-state index is 0.340. The van der Waals surface area contributed by atoms with Crippen molar-refractivity contribution in [1.82, 2.24) is 4.98 Å². The molecule has 86 valence electrons. The summed E-state index contributed by atoms with van der Waals surface area (Å²) in [6.45, 7) is 0. The van der Waals surface area contributed by atoms with E-state index >= 15 is 0 Å². The highest BCUT2D eigenvalue weighted by Gasteiger charge is 2.12. The van der Waals surface area contributed by atoms with Crippen LogP contribution in [0.3, 0.4) is 0 Å². The van der Waals surface area contributed by atoms with Crippen LogP contribution in [0.2, 0.25) is 0 Å². The summed E-state index contributed by atoms with van der Waals surface area (Å²) in [4.78, 5) is 4.50. The number of pyridine rings is 1. The summed E-state index contributed by atoms with van der Waals surface area (Å²) in [7, 11) is 0. The van der Waals surface area contributed by atoms with Crippen LogP contribution in [0.25, 0.3) is 16.5 Å². The van der Waals surface area contributed by atoms with Crippen LogP contribution >= 0.6 is 0 Å². The number of para-hydroxylation sites is 1. The number of fused-ring (bicyclic) bond motifs is 1. The molecule has 0 amide bonds. The molecular formula is C15H16N2. The van der Waals surface area contributed by atoms with Gasteiger partial charge in [-0.25, -0.2) is 0 Å². The van der Waals surface area contributed by atoms with Crippen molar-refractivity contribution in [1.29, 1.82) is 0 Å². The second kappa shape index (κ2) is 4.30. The first-order chi connectivity index (χ1) is 8.33. The number of hydrogen-bond donors (Lipinski definition) is 1. The molecule has 0 saturated heterocycles. The van der Waals surface area contributed by atoms with Gasteiger partial charge >= 0.3 is 0 Å². The lowest BCUT2D eigenvalue weighted by molar-refractivity contribution is 0.614. The zero-order chi connectivity index (χ0) is 11.7. The first kappa shape index (κ1) is 10.5. The van der Waals surface area contributed by atoms with Gasteiger partial charge in [-0.2, -0.15) is 0 Å². The molecule has 2 nitrogen and oxygen atoms in total. The maximum atomic E-state index is 5.91. The van der Waals surface area contributed by atoms with E-state index in [9.17, 15) is 0 Å². The molecule has 3 rings (SSSR count). The smallest absolute Gasteiger partial charge is 0.0702 e. The van der Waals surface area contributed by atoms with Crippen LogP contribution < -0.4 is 5.73 Å². The predicted molar refractivity (Wildman–Crippen MR) is 71.5 cm³/mol. The summed E-state index contributed by atoms with van der Waals surface area (Å²) in [6.07, 6.45) is 7.38. The Kier molecular flexibility index (Phi) is 2.65. The molecule has 1 heterocycles. The lowest BCUT2D eigenvalue weighted by Crippen LogP contribution is -2.21. The van der Waals surface area contributed by atoms with E-state index in [4.69, 9.17) is 5.73 Å². The van der Waals surface area contributed by atoms with Crippen molar-refractivity contribution in [3.05, 3.63) is 48.2 Å². The summed E-state index contributed by atoms with van der Waals surface area (Å²) in [6, 6.07) is 10.8. The number of hydrogen-bond acceptors (Lipinski definition) is 2. The molecule has 1 aromatic carbocycles. The number of rotatable bonds is 1. The molecule has 2 heteroatoms. The van der Waals surface area contributed by atoms with Gasteiger partial charge in [-0.15, -0.1) is 0 Å². The normalized spacial score (nSPS) is 20.3. The van der Waals surface area contributed by atoms with E-state index in [2.05, 4.69) is 29.3 Å². The quantitative estimate of drug-likeness (QED) is 0.808. The third-order valence-electron chi connectivity index (χ3n) is 3.41. The summed E-state index contributed by atoms with van der Waals surface area (Å²) in [5, 5.41) is 1.21. The van der Waals surface area contributed by atoms with Gasteiger partial charge < -0.3 is 5.73 Å². The van der Waals surface area contributed by atoms with Gasteiger partial charge in [0.15, 0.2) is 0 Å². The van der Waals surface area contributed by atoms with Crippen LogP contribution in [0.15, 0.2) is 42.6 Å². The molecule has 0 bridgehead atoms. The van der Waals surface area contributed by atoms with Crippen molar-refractivity contribution >= 4 is 16.5 Å². The number of nitrogens with zero attached hydrogens (tertiary/aromatic N) is 1. The average Bonchev–Trinajstić information content (AvgIpc) is 2.39. The van der Waals surface area contributed by atoms with Gasteiger partial charge in [0, 0.05) is 17.6 Å². The lowest BCUT2D eigenvalue weighted by atomic mass is 9.91. The minimum absolute atomic E-state index is 0.340. The van der Waals surface area contributed by atoms with E-state index < -0.39 is 0 Å². The van der Waals surface area contributed by atoms with Crippen molar-refractivity contribution in [2.75, 3.05) is 0 Å². The van der Waals surface area contributed by atoms with Crippen molar-refractivity contribution in [2.24, 2.45) is 5.73 Å². The zero-order valence-corrected chi connectivity index (χ0v) is 9.76. The van der Waals surface area contributed by atoms with Crippen LogP contribution in [0.5, 0.6) is 0 Å². The molecule has 2 N–H and O–H groups in total. The topological polar surface area (TPSA) is 38.9 Å².